The summed E-state index contributed by atoms with van der Waals surface area (Å²) in [5, 5.41) is 0.929. The molecule has 2 rings (SSSR count). The fourth-order valence-corrected chi connectivity index (χ4v) is 2.67. The summed E-state index contributed by atoms with van der Waals surface area (Å²) < 4.78 is 0. The summed E-state index contributed by atoms with van der Waals surface area (Å²) >= 11 is 6.85. The topological polar surface area (TPSA) is 20.3 Å². The summed E-state index contributed by atoms with van der Waals surface area (Å²) in [6.45, 7) is 0. The number of thiocarbonyl (C=S) groups is 1. The number of carbonyl (C=O) groups excluding carboxylic acids is 1. The first-order chi connectivity index (χ1) is 7.68. The average molecular weight is 249 g/mol. The maximum Gasteiger partial charge on any atom is 0.237 e. The van der Waals surface area contributed by atoms with Crippen molar-refractivity contribution in [1.82, 2.24) is 4.90 Å². The van der Waals surface area contributed by atoms with E-state index in [4.69, 9.17) is 12.2 Å². The lowest BCUT2D eigenvalue weighted by molar-refractivity contribution is -0.124. The number of nitrogens with zero attached hydrogens (tertiary/aromatic N) is 1. The molecule has 1 aromatic carbocycles. The third-order valence-corrected chi connectivity index (χ3v) is 3.79. The first kappa shape index (κ1) is 11.4. The average Bonchev–Trinajstić information content (AvgIpc) is 2.62. The van der Waals surface area contributed by atoms with Crippen LogP contribution in [0, 0.1) is 0 Å². The van der Waals surface area contributed by atoms with Crippen LogP contribution in [-0.2, 0) is 4.79 Å². The molecule has 0 unspecified atom stereocenters. The van der Waals surface area contributed by atoms with E-state index in [0.717, 1.165) is 15.5 Å². The van der Waals surface area contributed by atoms with E-state index in [2.05, 4.69) is 0 Å². The van der Waals surface area contributed by atoms with E-state index >= 15 is 0 Å². The van der Waals surface area contributed by atoms with E-state index in [-0.39, 0.29) is 5.91 Å². The number of rotatable bonds is 2. The molecule has 0 radical (unpaired) electrons. The van der Waals surface area contributed by atoms with Crippen molar-refractivity contribution in [1.29, 1.82) is 0 Å². The molecule has 0 aliphatic carbocycles. The lowest BCUT2D eigenvalue weighted by atomic mass is 10.1. The van der Waals surface area contributed by atoms with Crippen LogP contribution < -0.4 is 0 Å². The minimum Gasteiger partial charge on any atom is -0.309 e. The van der Waals surface area contributed by atoms with Crippen LogP contribution in [0.3, 0.4) is 0 Å². The monoisotopic (exact) mass is 249 g/mol. The number of hydrogen-bond acceptors (Lipinski definition) is 3. The van der Waals surface area contributed by atoms with Crippen LogP contribution in [0.4, 0.5) is 0 Å². The summed E-state index contributed by atoms with van der Waals surface area (Å²) in [4.78, 5) is 13.7. The Morgan fingerprint density at radius 1 is 1.44 bits per heavy atom. The standard InChI is InChI=1S/C12H11NOS2/c1-13-11(14)8-16-12(13)7-10(15)9-5-3-2-4-6-9/h2-7H,8H2,1H3/b12-7+. The summed E-state index contributed by atoms with van der Waals surface area (Å²) in [5.74, 6) is 0.645. The molecule has 1 amide bonds. The van der Waals surface area contributed by atoms with Gasteiger partial charge in [-0.3, -0.25) is 4.79 Å². The molecule has 1 fully saturated rings. The van der Waals surface area contributed by atoms with E-state index in [9.17, 15) is 4.79 Å². The van der Waals surface area contributed by atoms with Crippen LogP contribution in [0.2, 0.25) is 0 Å². The Morgan fingerprint density at radius 3 is 2.69 bits per heavy atom. The first-order valence-electron chi connectivity index (χ1n) is 4.89. The van der Waals surface area contributed by atoms with Crippen molar-refractivity contribution in [2.75, 3.05) is 12.8 Å². The van der Waals surface area contributed by atoms with Crippen LogP contribution in [0.5, 0.6) is 0 Å². The fraction of sp³-hybridized carbons (Fsp3) is 0.167. The van der Waals surface area contributed by atoms with Gasteiger partial charge in [-0.25, -0.2) is 0 Å². The van der Waals surface area contributed by atoms with Gasteiger partial charge in [0.15, 0.2) is 0 Å². The second-order valence-corrected chi connectivity index (χ2v) is 4.89. The smallest absolute Gasteiger partial charge is 0.237 e. The van der Waals surface area contributed by atoms with E-state index in [1.165, 1.54) is 11.8 Å². The second-order valence-electron chi connectivity index (χ2n) is 3.45. The van der Waals surface area contributed by atoms with E-state index in [1.54, 1.807) is 11.9 Å². The normalized spacial score (nSPS) is 18.2. The molecular formula is C12H11NOS2. The number of carbonyl (C=O) groups is 1. The van der Waals surface area contributed by atoms with Gasteiger partial charge in [0.25, 0.3) is 0 Å². The molecule has 1 aliphatic rings. The molecule has 4 heteroatoms. The molecule has 1 heterocycles. The Morgan fingerprint density at radius 2 is 2.12 bits per heavy atom. The molecule has 0 spiro atoms. The molecule has 2 nitrogen and oxygen atoms in total. The highest BCUT2D eigenvalue weighted by Crippen LogP contribution is 2.27. The minimum absolute atomic E-state index is 0.132. The number of thioether (sulfide) groups is 1. The van der Waals surface area contributed by atoms with Crippen molar-refractivity contribution in [2.45, 2.75) is 0 Å². The summed E-state index contributed by atoms with van der Waals surface area (Å²) in [6, 6.07) is 9.81. The zero-order chi connectivity index (χ0) is 11.5. The van der Waals surface area contributed by atoms with Gasteiger partial charge in [-0.05, 0) is 11.6 Å². The largest absolute Gasteiger partial charge is 0.309 e. The van der Waals surface area contributed by atoms with Crippen LogP contribution in [0.1, 0.15) is 5.56 Å². The number of benzene rings is 1. The third-order valence-electron chi connectivity index (χ3n) is 2.36. The van der Waals surface area contributed by atoms with Gasteiger partial charge in [0, 0.05) is 11.9 Å². The molecule has 16 heavy (non-hydrogen) atoms. The maximum atomic E-state index is 11.3. The van der Waals surface area contributed by atoms with Gasteiger partial charge in [-0.15, -0.1) is 0 Å². The minimum atomic E-state index is 0.132. The number of allylic oxidation sites excluding steroid dienone is 1. The van der Waals surface area contributed by atoms with Crippen LogP contribution in [0.15, 0.2) is 41.4 Å². The van der Waals surface area contributed by atoms with Gasteiger partial charge in [0.2, 0.25) is 5.91 Å². The quantitative estimate of drug-likeness (QED) is 0.456. The predicted octanol–water partition coefficient (Wildman–Crippen LogP) is 2.45. The van der Waals surface area contributed by atoms with Gasteiger partial charge in [0.05, 0.1) is 10.8 Å². The molecule has 1 aromatic rings. The van der Waals surface area contributed by atoms with Gasteiger partial charge >= 0.3 is 0 Å². The van der Waals surface area contributed by atoms with Gasteiger partial charge in [-0.1, -0.05) is 54.3 Å². The lowest BCUT2D eigenvalue weighted by Gasteiger charge is -2.09. The van der Waals surface area contributed by atoms with Crippen molar-refractivity contribution >= 4 is 34.8 Å². The van der Waals surface area contributed by atoms with Crippen molar-refractivity contribution < 1.29 is 4.79 Å². The zero-order valence-electron chi connectivity index (χ0n) is 8.84. The van der Waals surface area contributed by atoms with E-state index in [1.807, 2.05) is 36.4 Å². The Kier molecular flexibility index (Phi) is 3.41. The van der Waals surface area contributed by atoms with Crippen molar-refractivity contribution in [3.05, 3.63) is 47.0 Å². The SMILES string of the molecule is CN1C(=O)CS/C1=C/C(=S)c1ccccc1. The maximum absolute atomic E-state index is 11.3. The van der Waals surface area contributed by atoms with Crippen LogP contribution in [0.25, 0.3) is 0 Å². The van der Waals surface area contributed by atoms with Gasteiger partial charge in [-0.2, -0.15) is 0 Å². The molecule has 1 saturated heterocycles. The highest BCUT2D eigenvalue weighted by atomic mass is 32.2. The van der Waals surface area contributed by atoms with E-state index in [0.29, 0.717) is 5.75 Å². The first-order valence-corrected chi connectivity index (χ1v) is 6.28. The fourth-order valence-electron chi connectivity index (χ4n) is 1.39. The summed E-state index contributed by atoms with van der Waals surface area (Å²) in [5.41, 5.74) is 1.01. The number of amides is 1. The second kappa shape index (κ2) is 4.80. The summed E-state index contributed by atoms with van der Waals surface area (Å²) in [7, 11) is 1.78. The predicted molar refractivity (Wildman–Crippen MR) is 71.5 cm³/mol. The lowest BCUT2D eigenvalue weighted by Crippen LogP contribution is -2.19. The Bertz CT molecular complexity index is 453. The molecule has 82 valence electrons. The van der Waals surface area contributed by atoms with Gasteiger partial charge in [0.1, 0.15) is 0 Å². The Labute approximate surface area is 104 Å². The Balaban J connectivity index is 2.19. The molecule has 0 aromatic heterocycles. The third kappa shape index (κ3) is 2.33. The molecule has 0 saturated carbocycles. The highest BCUT2D eigenvalue weighted by Gasteiger charge is 2.22. The molecule has 1 aliphatic heterocycles. The molecular weight excluding hydrogens is 238 g/mol. The summed E-state index contributed by atoms with van der Waals surface area (Å²) in [6.07, 6.45) is 1.89. The van der Waals surface area contributed by atoms with Crippen molar-refractivity contribution in [3.63, 3.8) is 0 Å². The molecule has 0 bridgehead atoms. The molecule has 0 N–H and O–H groups in total. The zero-order valence-corrected chi connectivity index (χ0v) is 10.5. The number of hydrogen-bond donors (Lipinski definition) is 0. The van der Waals surface area contributed by atoms with Crippen molar-refractivity contribution in [2.24, 2.45) is 0 Å². The van der Waals surface area contributed by atoms with Crippen LogP contribution in [-0.4, -0.2) is 28.5 Å². The van der Waals surface area contributed by atoms with Gasteiger partial charge < -0.3 is 4.90 Å². The van der Waals surface area contributed by atoms with Crippen LogP contribution >= 0.6 is 24.0 Å². The Hall–Kier alpha value is -1.13. The molecule has 0 atom stereocenters. The van der Waals surface area contributed by atoms with Crippen molar-refractivity contribution in [3.8, 4) is 0 Å². The van der Waals surface area contributed by atoms with E-state index < -0.39 is 0 Å². The highest BCUT2D eigenvalue weighted by molar-refractivity contribution is 8.04.